The van der Waals surface area contributed by atoms with E-state index in [0.29, 0.717) is 39.8 Å². The van der Waals surface area contributed by atoms with E-state index in [1.807, 2.05) is 0 Å². The number of rotatable bonds is 11. The zero-order valence-corrected chi connectivity index (χ0v) is 23.4. The third kappa shape index (κ3) is 6.75. The fourth-order valence-electron chi connectivity index (χ4n) is 4.57. The van der Waals surface area contributed by atoms with E-state index in [0.717, 1.165) is 0 Å². The predicted molar refractivity (Wildman–Crippen MR) is 152 cm³/mol. The number of nitrogens with zero attached hydrogens (tertiary/aromatic N) is 3. The molecule has 3 aromatic carbocycles. The van der Waals surface area contributed by atoms with Crippen LogP contribution in [-0.2, 0) is 9.53 Å². The number of ether oxygens (including phenoxy) is 4. The number of amides is 3. The molecule has 0 spiro atoms. The first-order valence-corrected chi connectivity index (χ1v) is 12.9. The fourth-order valence-corrected chi connectivity index (χ4v) is 4.57. The van der Waals surface area contributed by atoms with Gasteiger partial charge in [0, 0.05) is 31.2 Å². The molecule has 0 saturated heterocycles. The van der Waals surface area contributed by atoms with Gasteiger partial charge in [0.15, 0.2) is 0 Å². The highest BCUT2D eigenvalue weighted by Gasteiger charge is 2.37. The molecule has 4 rings (SSSR count). The van der Waals surface area contributed by atoms with Crippen molar-refractivity contribution in [2.24, 2.45) is 5.10 Å². The summed E-state index contributed by atoms with van der Waals surface area (Å²) in [4.78, 5) is 28.5. The fraction of sp³-hybridized carbons (Fsp3) is 0.300. The Labute approximate surface area is 238 Å². The van der Waals surface area contributed by atoms with Crippen molar-refractivity contribution < 1.29 is 32.9 Å². The van der Waals surface area contributed by atoms with E-state index < -0.39 is 23.8 Å². The lowest BCUT2D eigenvalue weighted by molar-refractivity contribution is -0.133. The largest absolute Gasteiger partial charge is 0.497 e. The second-order valence-electron chi connectivity index (χ2n) is 9.14. The summed E-state index contributed by atoms with van der Waals surface area (Å²) in [6, 6.07) is 17.3. The molecule has 216 valence electrons. The minimum absolute atomic E-state index is 0.133. The highest BCUT2D eigenvalue weighted by molar-refractivity contribution is 6.04. The Morgan fingerprint density at radius 3 is 2.41 bits per heavy atom. The molecule has 0 aliphatic carbocycles. The van der Waals surface area contributed by atoms with Gasteiger partial charge in [-0.1, -0.05) is 30.3 Å². The highest BCUT2D eigenvalue weighted by atomic mass is 19.1. The molecule has 11 heteroatoms. The minimum atomic E-state index is -0.635. The molecule has 0 fully saturated rings. The summed E-state index contributed by atoms with van der Waals surface area (Å²) in [6.07, 6.45) is 0.224. The first kappa shape index (κ1) is 29.3. The number of methoxy groups -OCH3 is 4. The Hall–Kier alpha value is -4.64. The van der Waals surface area contributed by atoms with E-state index in [4.69, 9.17) is 18.9 Å². The summed E-state index contributed by atoms with van der Waals surface area (Å²) in [7, 11) is 6.08. The minimum Gasteiger partial charge on any atom is -0.497 e. The van der Waals surface area contributed by atoms with Gasteiger partial charge in [0.05, 0.1) is 45.4 Å². The normalized spacial score (nSPS) is 14.3. The summed E-state index contributed by atoms with van der Waals surface area (Å²) >= 11 is 0. The number of carbonyl (C=O) groups is 2. The molecule has 3 amide bonds. The third-order valence-electron chi connectivity index (χ3n) is 6.67. The van der Waals surface area contributed by atoms with E-state index in [9.17, 15) is 14.0 Å². The smallest absolute Gasteiger partial charge is 0.322 e. The molecule has 0 unspecified atom stereocenters. The molecule has 1 aliphatic heterocycles. The SMILES string of the molecule is COCCN(CC(=O)N1N=C(c2ccccc2F)C[C@H]1c1cc(OC)ccc1OC)C(=O)Nc1ccccc1OC. The lowest BCUT2D eigenvalue weighted by Crippen LogP contribution is -2.44. The number of halogens is 1. The van der Waals surface area contributed by atoms with Crippen molar-refractivity contribution in [1.82, 2.24) is 9.91 Å². The molecule has 0 radical (unpaired) electrons. The second-order valence-corrected chi connectivity index (χ2v) is 9.14. The van der Waals surface area contributed by atoms with Crippen molar-refractivity contribution in [1.29, 1.82) is 0 Å². The van der Waals surface area contributed by atoms with Gasteiger partial charge in [-0.15, -0.1) is 0 Å². The van der Waals surface area contributed by atoms with Crippen molar-refractivity contribution in [3.8, 4) is 17.2 Å². The van der Waals surface area contributed by atoms with Crippen LogP contribution in [0, 0.1) is 5.82 Å². The standard InChI is InChI=1S/C30H33FN4O6/c1-38-16-15-34(30(37)32-24-11-7-8-12-28(24)41-4)19-29(36)35-26(22-17-20(39-2)13-14-27(22)40-3)18-25(33-35)21-9-5-6-10-23(21)31/h5-14,17,26H,15-16,18-19H2,1-4H3,(H,32,37)/t26-/m0/s1. The topological polar surface area (TPSA) is 102 Å². The summed E-state index contributed by atoms with van der Waals surface area (Å²) in [5, 5.41) is 8.65. The van der Waals surface area contributed by atoms with Gasteiger partial charge in [0.1, 0.15) is 29.6 Å². The zero-order chi connectivity index (χ0) is 29.4. The molecule has 1 heterocycles. The predicted octanol–water partition coefficient (Wildman–Crippen LogP) is 4.71. The Kier molecular flexibility index (Phi) is 9.75. The highest BCUT2D eigenvalue weighted by Crippen LogP contribution is 2.39. The molecule has 1 N–H and O–H groups in total. The van der Waals surface area contributed by atoms with Gasteiger partial charge in [0.25, 0.3) is 5.91 Å². The zero-order valence-electron chi connectivity index (χ0n) is 23.4. The van der Waals surface area contributed by atoms with Gasteiger partial charge >= 0.3 is 6.03 Å². The molecule has 10 nitrogen and oxygen atoms in total. The summed E-state index contributed by atoms with van der Waals surface area (Å²) in [5.74, 6) is 0.629. The molecule has 1 aliphatic rings. The Morgan fingerprint density at radius 1 is 0.976 bits per heavy atom. The molecular weight excluding hydrogens is 531 g/mol. The summed E-state index contributed by atoms with van der Waals surface area (Å²) < 4.78 is 36.3. The van der Waals surface area contributed by atoms with Crippen LogP contribution in [0.5, 0.6) is 17.2 Å². The van der Waals surface area contributed by atoms with Crippen molar-refractivity contribution in [2.75, 3.05) is 53.5 Å². The number of carbonyl (C=O) groups excluding carboxylic acids is 2. The molecular formula is C30H33FN4O6. The average Bonchev–Trinajstić information content (AvgIpc) is 3.44. The van der Waals surface area contributed by atoms with Crippen molar-refractivity contribution in [3.63, 3.8) is 0 Å². The lowest BCUT2D eigenvalue weighted by atomic mass is 9.97. The summed E-state index contributed by atoms with van der Waals surface area (Å²) in [6.45, 7) is 0.0127. The van der Waals surface area contributed by atoms with Crippen LogP contribution in [0.4, 0.5) is 14.9 Å². The van der Waals surface area contributed by atoms with Crippen LogP contribution in [0.25, 0.3) is 0 Å². The van der Waals surface area contributed by atoms with Crippen LogP contribution in [0.1, 0.15) is 23.6 Å². The Bertz CT molecular complexity index is 1420. The quantitative estimate of drug-likeness (QED) is 0.362. The number of hydrogen-bond acceptors (Lipinski definition) is 7. The first-order chi connectivity index (χ1) is 19.9. The van der Waals surface area contributed by atoms with Crippen molar-refractivity contribution in [3.05, 3.63) is 83.7 Å². The van der Waals surface area contributed by atoms with Gasteiger partial charge < -0.3 is 29.2 Å². The van der Waals surface area contributed by atoms with Crippen LogP contribution in [-0.4, -0.2) is 75.7 Å². The first-order valence-electron chi connectivity index (χ1n) is 12.9. The van der Waals surface area contributed by atoms with Gasteiger partial charge in [-0.05, 0) is 36.4 Å². The number of hydrazone groups is 1. The maximum atomic E-state index is 14.8. The van der Waals surface area contributed by atoms with Crippen molar-refractivity contribution >= 4 is 23.3 Å². The van der Waals surface area contributed by atoms with E-state index in [1.165, 1.54) is 37.3 Å². The molecule has 41 heavy (non-hydrogen) atoms. The monoisotopic (exact) mass is 564 g/mol. The number of urea groups is 1. The lowest BCUT2D eigenvalue weighted by Gasteiger charge is -2.28. The van der Waals surface area contributed by atoms with Crippen LogP contribution in [0.15, 0.2) is 71.8 Å². The number of nitrogens with one attached hydrogen (secondary N) is 1. The number of benzene rings is 3. The maximum absolute atomic E-state index is 14.8. The van der Waals surface area contributed by atoms with Crippen LogP contribution < -0.4 is 19.5 Å². The maximum Gasteiger partial charge on any atom is 0.322 e. The Balaban J connectivity index is 1.67. The molecule has 0 aromatic heterocycles. The number of para-hydroxylation sites is 2. The average molecular weight is 565 g/mol. The Morgan fingerprint density at radius 2 is 1.71 bits per heavy atom. The van der Waals surface area contributed by atoms with E-state index >= 15 is 0 Å². The molecule has 3 aromatic rings. The molecule has 0 bridgehead atoms. The van der Waals surface area contributed by atoms with Gasteiger partial charge in [-0.3, -0.25) is 4.79 Å². The van der Waals surface area contributed by atoms with Gasteiger partial charge in [0.2, 0.25) is 0 Å². The number of hydrogen-bond donors (Lipinski definition) is 1. The van der Waals surface area contributed by atoms with Crippen molar-refractivity contribution in [2.45, 2.75) is 12.5 Å². The van der Waals surface area contributed by atoms with E-state index in [1.54, 1.807) is 67.8 Å². The van der Waals surface area contributed by atoms with Gasteiger partial charge in [-0.25, -0.2) is 14.2 Å². The third-order valence-corrected chi connectivity index (χ3v) is 6.67. The molecule has 1 atom stereocenters. The second kappa shape index (κ2) is 13.6. The van der Waals surface area contributed by atoms with Gasteiger partial charge in [-0.2, -0.15) is 5.10 Å². The van der Waals surface area contributed by atoms with E-state index in [2.05, 4.69) is 10.4 Å². The van der Waals surface area contributed by atoms with Crippen LogP contribution in [0.2, 0.25) is 0 Å². The number of anilines is 1. The van der Waals surface area contributed by atoms with E-state index in [-0.39, 0.29) is 26.1 Å². The summed E-state index contributed by atoms with van der Waals surface area (Å²) in [5.41, 5.74) is 1.78. The van der Waals surface area contributed by atoms with Crippen LogP contribution >= 0.6 is 0 Å². The van der Waals surface area contributed by atoms with Crippen LogP contribution in [0.3, 0.4) is 0 Å². The molecule has 0 saturated carbocycles.